The fourth-order valence-corrected chi connectivity index (χ4v) is 1.97. The van der Waals surface area contributed by atoms with Crippen molar-refractivity contribution in [2.75, 3.05) is 6.54 Å². The maximum absolute atomic E-state index is 13.5. The Morgan fingerprint density at radius 2 is 2.33 bits per heavy atom. The van der Waals surface area contributed by atoms with Crippen LogP contribution in [0.3, 0.4) is 0 Å². The molecule has 1 aromatic heterocycles. The second-order valence-corrected chi connectivity index (χ2v) is 4.39. The van der Waals surface area contributed by atoms with E-state index in [0.717, 1.165) is 0 Å². The van der Waals surface area contributed by atoms with Gasteiger partial charge in [0.1, 0.15) is 18.0 Å². The van der Waals surface area contributed by atoms with Crippen LogP contribution in [-0.2, 0) is 6.42 Å². The third-order valence-corrected chi connectivity index (χ3v) is 2.96. The highest BCUT2D eigenvalue weighted by atomic mass is 79.9. The number of aromatic nitrogens is 3. The first-order valence-corrected chi connectivity index (χ1v) is 6.04. The Morgan fingerprint density at radius 3 is 3.00 bits per heavy atom. The van der Waals surface area contributed by atoms with Gasteiger partial charge in [0.05, 0.1) is 5.56 Å². The van der Waals surface area contributed by atoms with Crippen LogP contribution < -0.4 is 5.32 Å². The van der Waals surface area contributed by atoms with Gasteiger partial charge in [-0.1, -0.05) is 6.07 Å². The largest absolute Gasteiger partial charge is 0.351 e. The molecule has 0 saturated carbocycles. The Hall–Kier alpha value is -1.76. The smallest absolute Gasteiger partial charge is 0.255 e. The van der Waals surface area contributed by atoms with Gasteiger partial charge in [-0.25, -0.2) is 9.37 Å². The highest BCUT2D eigenvalue weighted by Gasteiger charge is 2.14. The van der Waals surface area contributed by atoms with Crippen molar-refractivity contribution in [3.8, 4) is 0 Å². The average Bonchev–Trinajstić information content (AvgIpc) is 2.82. The van der Waals surface area contributed by atoms with Crippen LogP contribution in [-0.4, -0.2) is 27.6 Å². The lowest BCUT2D eigenvalue weighted by Crippen LogP contribution is -2.27. The fourth-order valence-electron chi connectivity index (χ4n) is 1.45. The molecule has 5 nitrogen and oxygen atoms in total. The van der Waals surface area contributed by atoms with Crippen LogP contribution in [0.25, 0.3) is 0 Å². The van der Waals surface area contributed by atoms with Gasteiger partial charge in [-0.3, -0.25) is 9.89 Å². The molecule has 0 spiro atoms. The zero-order chi connectivity index (χ0) is 13.0. The number of hydrogen-bond donors (Lipinski definition) is 2. The van der Waals surface area contributed by atoms with E-state index in [0.29, 0.717) is 23.3 Å². The summed E-state index contributed by atoms with van der Waals surface area (Å²) in [5.74, 6) is -0.344. The van der Waals surface area contributed by atoms with E-state index in [1.54, 1.807) is 6.07 Å². The summed E-state index contributed by atoms with van der Waals surface area (Å²) in [7, 11) is 0. The topological polar surface area (TPSA) is 70.7 Å². The van der Waals surface area contributed by atoms with E-state index < -0.39 is 11.7 Å². The number of amides is 1. The quantitative estimate of drug-likeness (QED) is 0.902. The minimum absolute atomic E-state index is 0.00932. The molecule has 0 aliphatic rings. The van der Waals surface area contributed by atoms with E-state index in [1.165, 1.54) is 18.5 Å². The van der Waals surface area contributed by atoms with Crippen molar-refractivity contribution in [1.82, 2.24) is 20.5 Å². The van der Waals surface area contributed by atoms with Crippen molar-refractivity contribution in [2.45, 2.75) is 6.42 Å². The van der Waals surface area contributed by atoms with E-state index in [4.69, 9.17) is 0 Å². The molecule has 1 heterocycles. The molecule has 0 bridgehead atoms. The summed E-state index contributed by atoms with van der Waals surface area (Å²) in [6, 6.07) is 4.40. The molecule has 2 N–H and O–H groups in total. The van der Waals surface area contributed by atoms with E-state index in [1.807, 2.05) is 0 Å². The monoisotopic (exact) mass is 312 g/mol. The van der Waals surface area contributed by atoms with Crippen LogP contribution in [0, 0.1) is 5.82 Å². The maximum Gasteiger partial charge on any atom is 0.255 e. The van der Waals surface area contributed by atoms with Gasteiger partial charge < -0.3 is 5.32 Å². The summed E-state index contributed by atoms with van der Waals surface area (Å²) < 4.78 is 13.9. The van der Waals surface area contributed by atoms with Gasteiger partial charge in [0.15, 0.2) is 0 Å². The summed E-state index contributed by atoms with van der Waals surface area (Å²) in [4.78, 5) is 15.7. The molecule has 1 amide bonds. The third-order valence-electron chi connectivity index (χ3n) is 2.30. The molecular formula is C11H10BrFN4O. The summed E-state index contributed by atoms with van der Waals surface area (Å²) in [5.41, 5.74) is 0.00932. The number of benzene rings is 1. The molecule has 0 fully saturated rings. The van der Waals surface area contributed by atoms with E-state index in [2.05, 4.69) is 36.4 Å². The zero-order valence-corrected chi connectivity index (χ0v) is 10.9. The number of nitrogens with one attached hydrogen (secondary N) is 2. The highest BCUT2D eigenvalue weighted by Crippen LogP contribution is 2.19. The van der Waals surface area contributed by atoms with E-state index in [9.17, 15) is 9.18 Å². The lowest BCUT2D eigenvalue weighted by molar-refractivity contribution is 0.0949. The molecule has 0 unspecified atom stereocenters. The standard InChI is InChI=1S/C11H10BrFN4O/c12-7-2-1-3-8(13)10(7)11(18)14-5-4-9-15-6-16-17-9/h1-3,6H,4-5H2,(H,14,18)(H,15,16,17). The summed E-state index contributed by atoms with van der Waals surface area (Å²) in [5, 5.41) is 8.99. The predicted molar refractivity (Wildman–Crippen MR) is 66.5 cm³/mol. The number of aromatic amines is 1. The Kier molecular flexibility index (Phi) is 4.03. The third kappa shape index (κ3) is 2.92. The Bertz CT molecular complexity index is 524. The van der Waals surface area contributed by atoms with Crippen molar-refractivity contribution in [3.05, 3.63) is 46.2 Å². The molecule has 18 heavy (non-hydrogen) atoms. The number of nitrogens with zero attached hydrogens (tertiary/aromatic N) is 2. The van der Waals surface area contributed by atoms with Crippen molar-refractivity contribution in [3.63, 3.8) is 0 Å². The molecule has 0 aliphatic heterocycles. The minimum atomic E-state index is -0.554. The predicted octanol–water partition coefficient (Wildman–Crippen LogP) is 1.68. The average molecular weight is 313 g/mol. The lowest BCUT2D eigenvalue weighted by Gasteiger charge is -2.06. The van der Waals surface area contributed by atoms with Crippen LogP contribution in [0.2, 0.25) is 0 Å². The van der Waals surface area contributed by atoms with Gasteiger partial charge in [-0.2, -0.15) is 5.10 Å². The molecule has 94 valence electrons. The van der Waals surface area contributed by atoms with Crippen molar-refractivity contribution < 1.29 is 9.18 Å². The SMILES string of the molecule is O=C(NCCc1ncn[nH]1)c1c(F)cccc1Br. The molecule has 0 aliphatic carbocycles. The number of halogens is 2. The molecule has 7 heteroatoms. The Balaban J connectivity index is 1.96. The van der Waals surface area contributed by atoms with Crippen LogP contribution in [0.5, 0.6) is 0 Å². The summed E-state index contributed by atoms with van der Waals surface area (Å²) in [6.45, 7) is 0.356. The van der Waals surface area contributed by atoms with Crippen LogP contribution in [0.4, 0.5) is 4.39 Å². The number of H-pyrrole nitrogens is 1. The second kappa shape index (κ2) is 5.72. The van der Waals surface area contributed by atoms with E-state index >= 15 is 0 Å². The maximum atomic E-state index is 13.5. The van der Waals surface area contributed by atoms with Gasteiger partial charge in [-0.15, -0.1) is 0 Å². The molecule has 0 radical (unpaired) electrons. The van der Waals surface area contributed by atoms with Gasteiger partial charge in [-0.05, 0) is 28.1 Å². The van der Waals surface area contributed by atoms with Crippen LogP contribution >= 0.6 is 15.9 Å². The molecule has 1 aromatic carbocycles. The highest BCUT2D eigenvalue weighted by molar-refractivity contribution is 9.10. The van der Waals surface area contributed by atoms with Crippen LogP contribution in [0.1, 0.15) is 16.2 Å². The van der Waals surface area contributed by atoms with Crippen molar-refractivity contribution >= 4 is 21.8 Å². The Labute approximate surface area is 111 Å². The van der Waals surface area contributed by atoms with E-state index in [-0.39, 0.29) is 5.56 Å². The fraction of sp³-hybridized carbons (Fsp3) is 0.182. The van der Waals surface area contributed by atoms with Crippen molar-refractivity contribution in [2.24, 2.45) is 0 Å². The van der Waals surface area contributed by atoms with Gasteiger partial charge in [0, 0.05) is 17.4 Å². The molecular weight excluding hydrogens is 303 g/mol. The molecule has 0 atom stereocenters. The van der Waals surface area contributed by atoms with Crippen LogP contribution in [0.15, 0.2) is 29.0 Å². The minimum Gasteiger partial charge on any atom is -0.351 e. The molecule has 0 saturated heterocycles. The number of carbonyl (C=O) groups is 1. The van der Waals surface area contributed by atoms with Gasteiger partial charge >= 0.3 is 0 Å². The first kappa shape index (κ1) is 12.7. The number of carbonyl (C=O) groups excluding carboxylic acids is 1. The second-order valence-electron chi connectivity index (χ2n) is 3.53. The first-order valence-electron chi connectivity index (χ1n) is 5.25. The normalized spacial score (nSPS) is 10.3. The molecule has 2 aromatic rings. The molecule has 2 rings (SSSR count). The number of rotatable bonds is 4. The number of hydrogen-bond acceptors (Lipinski definition) is 3. The Morgan fingerprint density at radius 1 is 1.50 bits per heavy atom. The van der Waals surface area contributed by atoms with Gasteiger partial charge in [0.25, 0.3) is 5.91 Å². The summed E-state index contributed by atoms with van der Waals surface area (Å²) in [6.07, 6.45) is 1.91. The zero-order valence-electron chi connectivity index (χ0n) is 9.28. The first-order chi connectivity index (χ1) is 8.68. The van der Waals surface area contributed by atoms with Gasteiger partial charge in [0.2, 0.25) is 0 Å². The summed E-state index contributed by atoms with van der Waals surface area (Å²) >= 11 is 3.15. The van der Waals surface area contributed by atoms with Crippen molar-refractivity contribution in [1.29, 1.82) is 0 Å². The lowest BCUT2D eigenvalue weighted by atomic mass is 10.2.